The highest BCUT2D eigenvalue weighted by molar-refractivity contribution is 7.16. The van der Waals surface area contributed by atoms with E-state index >= 15 is 0 Å². The Kier molecular flexibility index (Phi) is 7.25. The average molecular weight is 587 g/mol. The fourth-order valence-electron chi connectivity index (χ4n) is 6.40. The number of aliphatic carboxylic acids is 1. The number of thiophene rings is 1. The molecule has 0 amide bonds. The number of anilines is 2. The van der Waals surface area contributed by atoms with Crippen molar-refractivity contribution >= 4 is 62.5 Å². The number of benzene rings is 1. The molecule has 1 aliphatic carbocycles. The lowest BCUT2D eigenvalue weighted by molar-refractivity contribution is -0.158. The van der Waals surface area contributed by atoms with E-state index in [-0.39, 0.29) is 6.04 Å². The Bertz CT molecular complexity index is 1400. The lowest BCUT2D eigenvalue weighted by Crippen LogP contribution is -2.58. The second-order valence-electron chi connectivity index (χ2n) is 11.5. The average Bonchev–Trinajstić information content (AvgIpc) is 3.34. The summed E-state index contributed by atoms with van der Waals surface area (Å²) in [4.78, 5) is 27.2. The molecule has 2 aliphatic heterocycles. The highest BCUT2D eigenvalue weighted by atomic mass is 35.5. The van der Waals surface area contributed by atoms with E-state index in [4.69, 9.17) is 33.2 Å². The Morgan fingerprint density at radius 3 is 2.74 bits per heavy atom. The van der Waals surface area contributed by atoms with Crippen molar-refractivity contribution in [1.82, 2.24) is 14.9 Å². The second-order valence-corrected chi connectivity index (χ2v) is 13.3. The smallest absolute Gasteiger partial charge is 0.309 e. The van der Waals surface area contributed by atoms with Crippen molar-refractivity contribution in [3.63, 3.8) is 0 Å². The van der Waals surface area contributed by atoms with Gasteiger partial charge in [-0.15, -0.1) is 17.9 Å². The number of aromatic nitrogens is 2. The largest absolute Gasteiger partial charge is 0.481 e. The van der Waals surface area contributed by atoms with E-state index in [0.29, 0.717) is 27.9 Å². The minimum Gasteiger partial charge on any atom is -0.481 e. The van der Waals surface area contributed by atoms with Crippen LogP contribution in [-0.2, 0) is 4.79 Å². The molecule has 1 aromatic carbocycles. The lowest BCUT2D eigenvalue weighted by Gasteiger charge is -2.52. The van der Waals surface area contributed by atoms with Crippen molar-refractivity contribution in [2.75, 3.05) is 36.4 Å². The fraction of sp³-hybridized carbons (Fsp3) is 0.483. The number of likely N-dealkylation sites (tertiary alicyclic amines) is 1. The molecule has 10 heteroatoms. The Morgan fingerprint density at radius 2 is 2.03 bits per heavy atom. The minimum atomic E-state index is -0.658. The van der Waals surface area contributed by atoms with Crippen LogP contribution in [0, 0.1) is 17.3 Å². The summed E-state index contributed by atoms with van der Waals surface area (Å²) in [6, 6.07) is 7.71. The molecule has 4 heterocycles. The first-order valence-corrected chi connectivity index (χ1v) is 15.2. The molecule has 6 rings (SSSR count). The van der Waals surface area contributed by atoms with Crippen LogP contribution in [0.25, 0.3) is 10.2 Å². The molecular weight excluding hydrogens is 553 g/mol. The van der Waals surface area contributed by atoms with E-state index < -0.39 is 11.4 Å². The van der Waals surface area contributed by atoms with Gasteiger partial charge in [0.05, 0.1) is 16.8 Å². The van der Waals surface area contributed by atoms with Crippen LogP contribution < -0.4 is 10.2 Å². The molecular formula is C29H33Cl2N5O2S. The third-order valence-electron chi connectivity index (χ3n) is 8.89. The van der Waals surface area contributed by atoms with E-state index in [1.165, 1.54) is 12.8 Å². The third-order valence-corrected chi connectivity index (χ3v) is 10.3. The van der Waals surface area contributed by atoms with Gasteiger partial charge in [-0.25, -0.2) is 4.98 Å². The number of carboxylic acids is 1. The van der Waals surface area contributed by atoms with Crippen LogP contribution in [0.4, 0.5) is 11.8 Å². The molecule has 3 aromatic rings. The van der Waals surface area contributed by atoms with E-state index in [0.717, 1.165) is 66.6 Å². The molecule has 3 fully saturated rings. The zero-order valence-corrected chi connectivity index (χ0v) is 24.3. The monoisotopic (exact) mass is 585 g/mol. The van der Waals surface area contributed by atoms with Gasteiger partial charge in [0.25, 0.3) is 0 Å². The summed E-state index contributed by atoms with van der Waals surface area (Å²) >= 11 is 14.2. The Labute approximate surface area is 242 Å². The number of rotatable bonds is 8. The normalized spacial score (nSPS) is 26.6. The van der Waals surface area contributed by atoms with Gasteiger partial charge in [0, 0.05) is 35.7 Å². The SMILES string of the molecule is C=C[C@@H](Nc1nc(N2CC([C@H]3CCCN(C4CC(C)(C(=O)O)C4)C3)C2)nc2sccc12)c1ccc(Cl)cc1Cl. The zero-order valence-electron chi connectivity index (χ0n) is 21.9. The Hall–Kier alpha value is -2.39. The number of nitrogens with one attached hydrogen (secondary N) is 1. The molecule has 206 valence electrons. The number of carboxylic acid groups (broad SMARTS) is 1. The molecule has 2 saturated heterocycles. The minimum absolute atomic E-state index is 0.229. The summed E-state index contributed by atoms with van der Waals surface area (Å²) in [5.41, 5.74) is 0.346. The summed E-state index contributed by atoms with van der Waals surface area (Å²) in [7, 11) is 0. The number of hydrogen-bond acceptors (Lipinski definition) is 7. The van der Waals surface area contributed by atoms with Crippen LogP contribution in [-0.4, -0.2) is 58.2 Å². The predicted molar refractivity (Wildman–Crippen MR) is 159 cm³/mol. The molecule has 0 bridgehead atoms. The highest BCUT2D eigenvalue weighted by Gasteiger charge is 2.49. The first kappa shape index (κ1) is 26.8. The van der Waals surface area contributed by atoms with Crippen molar-refractivity contribution in [3.05, 3.63) is 57.9 Å². The summed E-state index contributed by atoms with van der Waals surface area (Å²) in [5.74, 6) is 2.09. The molecule has 2 aromatic heterocycles. The van der Waals surface area contributed by atoms with Crippen molar-refractivity contribution in [1.29, 1.82) is 0 Å². The first-order valence-electron chi connectivity index (χ1n) is 13.6. The molecule has 39 heavy (non-hydrogen) atoms. The topological polar surface area (TPSA) is 81.6 Å². The quantitative estimate of drug-likeness (QED) is 0.283. The molecule has 1 saturated carbocycles. The molecule has 0 spiro atoms. The summed E-state index contributed by atoms with van der Waals surface area (Å²) in [6.45, 7) is 9.94. The number of carbonyl (C=O) groups is 1. The van der Waals surface area contributed by atoms with Gasteiger partial charge in [0.15, 0.2) is 0 Å². The molecule has 2 atom stereocenters. The van der Waals surface area contributed by atoms with Crippen LogP contribution >= 0.6 is 34.5 Å². The van der Waals surface area contributed by atoms with Crippen LogP contribution in [0.1, 0.15) is 44.2 Å². The maximum Gasteiger partial charge on any atom is 0.309 e. The molecule has 3 aliphatic rings. The summed E-state index contributed by atoms with van der Waals surface area (Å²) in [6.07, 6.45) is 5.78. The van der Waals surface area contributed by atoms with Gasteiger partial charge in [0.1, 0.15) is 10.6 Å². The predicted octanol–water partition coefficient (Wildman–Crippen LogP) is 6.74. The maximum absolute atomic E-state index is 11.5. The molecule has 0 unspecified atom stereocenters. The van der Waals surface area contributed by atoms with Crippen LogP contribution in [0.15, 0.2) is 42.3 Å². The lowest BCUT2D eigenvalue weighted by atomic mass is 9.65. The maximum atomic E-state index is 11.5. The molecule has 0 radical (unpaired) electrons. The van der Waals surface area contributed by atoms with Crippen molar-refractivity contribution < 1.29 is 9.90 Å². The molecule has 7 nitrogen and oxygen atoms in total. The van der Waals surface area contributed by atoms with Crippen molar-refractivity contribution in [2.24, 2.45) is 17.3 Å². The number of hydrogen-bond donors (Lipinski definition) is 2. The van der Waals surface area contributed by atoms with E-state index in [1.54, 1.807) is 17.4 Å². The second kappa shape index (κ2) is 10.5. The van der Waals surface area contributed by atoms with Crippen LogP contribution in [0.5, 0.6) is 0 Å². The number of nitrogens with zero attached hydrogens (tertiary/aromatic N) is 4. The standard InChI is InChI=1S/C29H33Cl2N5O2S/c1-3-24(21-7-6-19(30)11-23(21)31)32-25-22-8-10-39-26(22)34-28(33-25)36-15-18(16-36)17-5-4-9-35(14-17)20-12-29(2,13-20)27(37)38/h3,6-8,10-11,17-18,20,24H,1,4-5,9,12-16H2,2H3,(H,37,38)(H,32,33,34)/t17-,20?,24+,29?/m0/s1. The fourth-order valence-corrected chi connectivity index (χ4v) is 7.69. The van der Waals surface area contributed by atoms with E-state index in [1.807, 2.05) is 36.6 Å². The highest BCUT2D eigenvalue weighted by Crippen LogP contribution is 2.45. The van der Waals surface area contributed by atoms with Gasteiger partial charge in [-0.2, -0.15) is 4.98 Å². The van der Waals surface area contributed by atoms with Gasteiger partial charge < -0.3 is 20.2 Å². The zero-order chi connectivity index (χ0) is 27.3. The first-order chi connectivity index (χ1) is 18.7. The summed E-state index contributed by atoms with van der Waals surface area (Å²) < 4.78 is 0. The third kappa shape index (κ3) is 5.12. The van der Waals surface area contributed by atoms with Crippen LogP contribution in [0.2, 0.25) is 10.0 Å². The Balaban J connectivity index is 1.13. The Morgan fingerprint density at radius 1 is 1.23 bits per heavy atom. The van der Waals surface area contributed by atoms with Gasteiger partial charge >= 0.3 is 5.97 Å². The number of piperidine rings is 1. The number of halogens is 2. The van der Waals surface area contributed by atoms with E-state index in [2.05, 4.69) is 21.7 Å². The van der Waals surface area contributed by atoms with Crippen molar-refractivity contribution in [3.8, 4) is 0 Å². The summed E-state index contributed by atoms with van der Waals surface area (Å²) in [5, 5.41) is 17.2. The van der Waals surface area contributed by atoms with Gasteiger partial charge in [-0.3, -0.25) is 4.79 Å². The van der Waals surface area contributed by atoms with Gasteiger partial charge in [-0.1, -0.05) is 35.3 Å². The van der Waals surface area contributed by atoms with Gasteiger partial charge in [0.2, 0.25) is 5.95 Å². The van der Waals surface area contributed by atoms with Crippen LogP contribution in [0.3, 0.4) is 0 Å². The van der Waals surface area contributed by atoms with E-state index in [9.17, 15) is 9.90 Å². The molecule has 2 N–H and O–H groups in total. The van der Waals surface area contributed by atoms with Gasteiger partial charge in [-0.05, 0) is 80.1 Å². The van der Waals surface area contributed by atoms with Crippen molar-refractivity contribution in [2.45, 2.75) is 44.7 Å². The number of fused-ring (bicyclic) bond motifs is 1.